The first kappa shape index (κ1) is 14.6. The summed E-state index contributed by atoms with van der Waals surface area (Å²) >= 11 is 6.25. The number of benzene rings is 2. The molecule has 1 saturated heterocycles. The molecule has 0 saturated carbocycles. The molecule has 2 aromatic rings. The molecule has 3 atom stereocenters. The van der Waals surface area contributed by atoms with E-state index in [1.165, 1.54) is 12.1 Å². The zero-order chi connectivity index (χ0) is 16.0. The molecule has 0 spiro atoms. The van der Waals surface area contributed by atoms with E-state index in [-0.39, 0.29) is 11.7 Å². The molecule has 2 aromatic carbocycles. The molecule has 2 heterocycles. The van der Waals surface area contributed by atoms with E-state index >= 15 is 0 Å². The molecule has 2 aliphatic rings. The van der Waals surface area contributed by atoms with Crippen LogP contribution in [0.2, 0.25) is 5.02 Å². The van der Waals surface area contributed by atoms with Crippen molar-refractivity contribution in [3.8, 4) is 0 Å². The first-order chi connectivity index (χ1) is 11.1. The Hall–Kier alpha value is -1.95. The number of hydrogen-bond donors (Lipinski definition) is 0. The monoisotopic (exact) mass is 331 g/mol. The molecule has 118 valence electrons. The molecular weight excluding hydrogens is 317 g/mol. The third kappa shape index (κ3) is 2.41. The highest BCUT2D eigenvalue weighted by Gasteiger charge is 2.64. The lowest BCUT2D eigenvalue weighted by Gasteiger charge is -2.20. The summed E-state index contributed by atoms with van der Waals surface area (Å²) in [5.74, 6) is -0.843. The lowest BCUT2D eigenvalue weighted by atomic mass is 10.0. The smallest absolute Gasteiger partial charge is 0.267 e. The summed E-state index contributed by atoms with van der Waals surface area (Å²) in [4.78, 5) is 10.2. The van der Waals surface area contributed by atoms with Crippen LogP contribution in [-0.4, -0.2) is 23.1 Å². The molecule has 0 amide bonds. The molecule has 23 heavy (non-hydrogen) atoms. The summed E-state index contributed by atoms with van der Waals surface area (Å²) in [6.07, 6.45) is 1.76. The molecule has 0 aromatic heterocycles. The summed E-state index contributed by atoms with van der Waals surface area (Å²) < 4.78 is 13.0. The molecule has 0 radical (unpaired) electrons. The third-order valence-electron chi connectivity index (χ3n) is 4.16. The van der Waals surface area contributed by atoms with Gasteiger partial charge in [0.15, 0.2) is 0 Å². The van der Waals surface area contributed by atoms with E-state index in [1.807, 2.05) is 29.3 Å². The lowest BCUT2D eigenvalue weighted by Crippen LogP contribution is -2.30. The van der Waals surface area contributed by atoms with Gasteiger partial charge >= 0.3 is 5.85 Å². The van der Waals surface area contributed by atoms with Gasteiger partial charge in [-0.1, -0.05) is 48.9 Å². The average Bonchev–Trinajstić information content (AvgIpc) is 3.19. The van der Waals surface area contributed by atoms with Crippen molar-refractivity contribution >= 4 is 17.9 Å². The van der Waals surface area contributed by atoms with Crippen molar-refractivity contribution in [1.82, 2.24) is 10.2 Å². The van der Waals surface area contributed by atoms with E-state index < -0.39 is 5.85 Å². The number of hydrogen-bond acceptors (Lipinski definition) is 4. The van der Waals surface area contributed by atoms with Crippen molar-refractivity contribution < 1.29 is 9.23 Å². The Kier molecular flexibility index (Phi) is 3.37. The van der Waals surface area contributed by atoms with E-state index in [9.17, 15) is 4.39 Å². The van der Waals surface area contributed by atoms with Gasteiger partial charge in [-0.3, -0.25) is 5.01 Å². The zero-order valence-electron chi connectivity index (χ0n) is 12.5. The van der Waals surface area contributed by atoms with Crippen molar-refractivity contribution in [2.75, 3.05) is 6.54 Å². The molecule has 0 aliphatic carbocycles. The minimum atomic E-state index is -0.819. The van der Waals surface area contributed by atoms with E-state index in [0.29, 0.717) is 11.6 Å². The van der Waals surface area contributed by atoms with Gasteiger partial charge in [-0.2, -0.15) is 0 Å². The Morgan fingerprint density at radius 3 is 2.65 bits per heavy atom. The van der Waals surface area contributed by atoms with Crippen LogP contribution >= 0.6 is 11.6 Å². The Morgan fingerprint density at radius 2 is 1.96 bits per heavy atom. The quantitative estimate of drug-likeness (QED) is 0.796. The molecule has 4 rings (SSSR count). The molecular formula is C17H15ClFN3O. The summed E-state index contributed by atoms with van der Waals surface area (Å²) in [6, 6.07) is 14.1. The minimum Gasteiger partial charge on any atom is -0.267 e. The second kappa shape index (κ2) is 5.30. The maximum atomic E-state index is 13.0. The summed E-state index contributed by atoms with van der Waals surface area (Å²) in [6.45, 7) is 2.77. The topological polar surface area (TPSA) is 31.1 Å². The van der Waals surface area contributed by atoms with E-state index in [0.717, 1.165) is 11.1 Å². The summed E-state index contributed by atoms with van der Waals surface area (Å²) in [5, 5.41) is 4.26. The highest BCUT2D eigenvalue weighted by Crippen LogP contribution is 2.52. The van der Waals surface area contributed by atoms with Crippen LogP contribution < -0.4 is 0 Å². The highest BCUT2D eigenvalue weighted by molar-refractivity contribution is 6.31. The second-order valence-electron chi connectivity index (χ2n) is 5.77. The van der Waals surface area contributed by atoms with E-state index in [4.69, 9.17) is 16.4 Å². The number of rotatable bonds is 4. The predicted octanol–water partition coefficient (Wildman–Crippen LogP) is 3.90. The molecule has 2 aliphatic heterocycles. The standard InChI is InChI=1S/C17H15ClFN3O/c1-12(13-6-8-14(19)9-7-13)10-21-11-20-17(22(21)23-17)15-4-2-3-5-16(15)18/h2-9,11-12H,10H2,1H3. The van der Waals surface area contributed by atoms with Crippen molar-refractivity contribution in [3.05, 3.63) is 70.5 Å². The van der Waals surface area contributed by atoms with Crippen LogP contribution in [-0.2, 0) is 10.7 Å². The fraction of sp³-hybridized carbons (Fsp3) is 0.235. The average molecular weight is 332 g/mol. The van der Waals surface area contributed by atoms with Gasteiger partial charge in [0.05, 0.1) is 5.02 Å². The SMILES string of the molecule is CC(CN1C=NC2(c3ccccc3Cl)ON12)c1ccc(F)cc1. The largest absolute Gasteiger partial charge is 0.308 e. The number of hydrazine groups is 1. The molecule has 0 bridgehead atoms. The van der Waals surface area contributed by atoms with Gasteiger partial charge in [0, 0.05) is 18.0 Å². The number of halogens is 2. The predicted molar refractivity (Wildman–Crippen MR) is 86.1 cm³/mol. The Balaban J connectivity index is 1.49. The van der Waals surface area contributed by atoms with E-state index in [1.54, 1.807) is 23.6 Å². The highest BCUT2D eigenvalue weighted by atomic mass is 35.5. The maximum absolute atomic E-state index is 13.0. The van der Waals surface area contributed by atoms with Crippen LogP contribution in [0.5, 0.6) is 0 Å². The Labute approximate surface area is 138 Å². The first-order valence-corrected chi connectivity index (χ1v) is 7.80. The Morgan fingerprint density at radius 1 is 1.22 bits per heavy atom. The lowest BCUT2D eigenvalue weighted by molar-refractivity contribution is 0.0250. The number of aliphatic imine (C=N–C) groups is 1. The molecule has 6 heteroatoms. The normalized spacial score (nSPS) is 26.2. The van der Waals surface area contributed by atoms with Gasteiger partial charge in [0.2, 0.25) is 0 Å². The number of nitrogens with zero attached hydrogens (tertiary/aromatic N) is 3. The third-order valence-corrected chi connectivity index (χ3v) is 4.49. The van der Waals surface area contributed by atoms with Crippen molar-refractivity contribution in [1.29, 1.82) is 0 Å². The zero-order valence-corrected chi connectivity index (χ0v) is 13.2. The van der Waals surface area contributed by atoms with Gasteiger partial charge in [0.25, 0.3) is 0 Å². The summed E-state index contributed by atoms with van der Waals surface area (Å²) in [7, 11) is 0. The molecule has 1 fully saturated rings. The molecule has 4 nitrogen and oxygen atoms in total. The summed E-state index contributed by atoms with van der Waals surface area (Å²) in [5.41, 5.74) is 1.90. The first-order valence-electron chi connectivity index (χ1n) is 7.42. The van der Waals surface area contributed by atoms with Gasteiger partial charge < -0.3 is 0 Å². The van der Waals surface area contributed by atoms with Crippen molar-refractivity contribution in [2.45, 2.75) is 18.7 Å². The Bertz CT molecular complexity index is 767. The van der Waals surface area contributed by atoms with Crippen LogP contribution in [0, 0.1) is 5.82 Å². The van der Waals surface area contributed by atoms with Gasteiger partial charge in [-0.15, -0.1) is 0 Å². The number of hydroxylamine groups is 1. The van der Waals surface area contributed by atoms with Crippen LogP contribution in [0.4, 0.5) is 4.39 Å². The van der Waals surface area contributed by atoms with Crippen molar-refractivity contribution in [3.63, 3.8) is 0 Å². The number of fused-ring (bicyclic) bond motifs is 1. The minimum absolute atomic E-state index is 0.202. The van der Waals surface area contributed by atoms with Crippen LogP contribution in [0.25, 0.3) is 0 Å². The second-order valence-corrected chi connectivity index (χ2v) is 6.18. The maximum Gasteiger partial charge on any atom is 0.308 e. The van der Waals surface area contributed by atoms with Crippen molar-refractivity contribution in [2.24, 2.45) is 4.99 Å². The van der Waals surface area contributed by atoms with Crippen LogP contribution in [0.3, 0.4) is 0 Å². The fourth-order valence-electron chi connectivity index (χ4n) is 2.84. The molecule has 3 unspecified atom stereocenters. The van der Waals surface area contributed by atoms with Gasteiger partial charge in [-0.05, 0) is 28.9 Å². The fourth-order valence-corrected chi connectivity index (χ4v) is 3.10. The van der Waals surface area contributed by atoms with Crippen LogP contribution in [0.15, 0.2) is 53.5 Å². The molecule has 0 N–H and O–H groups in total. The van der Waals surface area contributed by atoms with Gasteiger partial charge in [0.1, 0.15) is 12.2 Å². The van der Waals surface area contributed by atoms with Crippen LogP contribution in [0.1, 0.15) is 24.0 Å². The van der Waals surface area contributed by atoms with Gasteiger partial charge in [-0.25, -0.2) is 14.2 Å². The van der Waals surface area contributed by atoms with E-state index in [2.05, 4.69) is 11.9 Å².